The van der Waals surface area contributed by atoms with E-state index in [9.17, 15) is 14.9 Å². The van der Waals surface area contributed by atoms with Crippen LogP contribution in [0.15, 0.2) is 41.3 Å². The summed E-state index contributed by atoms with van der Waals surface area (Å²) in [6.07, 6.45) is 0. The zero-order chi connectivity index (χ0) is 20.0. The van der Waals surface area contributed by atoms with Gasteiger partial charge in [0, 0.05) is 17.0 Å². The molecule has 0 fully saturated rings. The van der Waals surface area contributed by atoms with E-state index in [0.29, 0.717) is 17.2 Å². The van der Waals surface area contributed by atoms with E-state index in [2.05, 4.69) is 5.32 Å². The summed E-state index contributed by atoms with van der Waals surface area (Å²) in [7, 11) is 4.52. The molecule has 0 aliphatic heterocycles. The first-order chi connectivity index (χ1) is 12.9. The Hall–Kier alpha value is -2.94. The molecule has 1 atom stereocenters. The van der Waals surface area contributed by atoms with Crippen LogP contribution in [0.2, 0.25) is 0 Å². The highest BCUT2D eigenvalue weighted by Crippen LogP contribution is 2.34. The number of carbonyl (C=O) groups excluding carboxylic acids is 1. The number of hydrogen-bond acceptors (Lipinski definition) is 7. The molecule has 1 N–H and O–H groups in total. The number of nitro groups is 1. The minimum Gasteiger partial charge on any atom is -0.495 e. The van der Waals surface area contributed by atoms with Gasteiger partial charge >= 0.3 is 0 Å². The molecule has 2 rings (SSSR count). The van der Waals surface area contributed by atoms with Crippen LogP contribution < -0.4 is 19.5 Å². The van der Waals surface area contributed by atoms with Gasteiger partial charge in [-0.15, -0.1) is 11.8 Å². The van der Waals surface area contributed by atoms with Gasteiger partial charge in [-0.1, -0.05) is 0 Å². The van der Waals surface area contributed by atoms with Gasteiger partial charge in [-0.05, 0) is 31.2 Å². The lowest BCUT2D eigenvalue weighted by Gasteiger charge is -2.15. The highest BCUT2D eigenvalue weighted by molar-refractivity contribution is 8.00. The molecule has 1 amide bonds. The number of carbonyl (C=O) groups is 1. The molecule has 0 unspecified atom stereocenters. The molecule has 2 aromatic carbocycles. The predicted molar refractivity (Wildman–Crippen MR) is 103 cm³/mol. The van der Waals surface area contributed by atoms with Crippen LogP contribution in [0, 0.1) is 10.1 Å². The minimum atomic E-state index is -0.531. The van der Waals surface area contributed by atoms with Gasteiger partial charge in [-0.2, -0.15) is 0 Å². The second-order valence-corrected chi connectivity index (χ2v) is 6.82. The van der Waals surface area contributed by atoms with Gasteiger partial charge in [0.1, 0.15) is 5.75 Å². The quantitative estimate of drug-likeness (QED) is 0.415. The van der Waals surface area contributed by atoms with E-state index in [4.69, 9.17) is 14.2 Å². The van der Waals surface area contributed by atoms with Crippen LogP contribution in [0.25, 0.3) is 0 Å². The fourth-order valence-electron chi connectivity index (χ4n) is 2.29. The summed E-state index contributed by atoms with van der Waals surface area (Å²) < 4.78 is 15.6. The third kappa shape index (κ3) is 5.04. The monoisotopic (exact) mass is 392 g/mol. The van der Waals surface area contributed by atoms with Crippen LogP contribution in [0.3, 0.4) is 0 Å². The van der Waals surface area contributed by atoms with Crippen LogP contribution >= 0.6 is 11.8 Å². The second-order valence-electron chi connectivity index (χ2n) is 5.41. The first kappa shape index (κ1) is 20.4. The van der Waals surface area contributed by atoms with Gasteiger partial charge in [0.2, 0.25) is 5.91 Å². The van der Waals surface area contributed by atoms with Crippen molar-refractivity contribution in [3.63, 3.8) is 0 Å². The number of thioether (sulfide) groups is 1. The average Bonchev–Trinajstić information content (AvgIpc) is 2.67. The van der Waals surface area contributed by atoms with Crippen molar-refractivity contribution in [3.05, 3.63) is 46.5 Å². The van der Waals surface area contributed by atoms with Crippen LogP contribution in [0.4, 0.5) is 11.4 Å². The maximum Gasteiger partial charge on any atom is 0.271 e. The number of ether oxygens (including phenoxy) is 3. The maximum atomic E-state index is 12.5. The standard InChI is InChI=1S/C18H20N2O6S/c1-11(27-13-6-8-16(25-3)17(10-13)26-4)18(21)19-14-9-12(20(22)23)5-7-15(14)24-2/h5-11H,1-4H3,(H,19,21)/t11-/m1/s1. The fraction of sp³-hybridized carbons (Fsp3) is 0.278. The Morgan fingerprint density at radius 3 is 2.26 bits per heavy atom. The van der Waals surface area contributed by atoms with Crippen molar-refractivity contribution in [3.8, 4) is 17.2 Å². The molecule has 144 valence electrons. The van der Waals surface area contributed by atoms with Crippen molar-refractivity contribution in [2.75, 3.05) is 26.6 Å². The Kier molecular flexibility index (Phi) is 6.89. The van der Waals surface area contributed by atoms with E-state index in [-0.39, 0.29) is 17.3 Å². The molecule has 27 heavy (non-hydrogen) atoms. The van der Waals surface area contributed by atoms with Gasteiger partial charge in [-0.25, -0.2) is 0 Å². The second kappa shape index (κ2) is 9.13. The molecule has 8 nitrogen and oxygen atoms in total. The van der Waals surface area contributed by atoms with E-state index in [1.165, 1.54) is 44.2 Å². The summed E-state index contributed by atoms with van der Waals surface area (Å²) in [4.78, 5) is 23.8. The largest absolute Gasteiger partial charge is 0.495 e. The van der Waals surface area contributed by atoms with E-state index in [1.807, 2.05) is 6.07 Å². The van der Waals surface area contributed by atoms with E-state index in [0.717, 1.165) is 4.90 Å². The molecule has 0 radical (unpaired) electrons. The fourth-order valence-corrected chi connectivity index (χ4v) is 3.18. The van der Waals surface area contributed by atoms with Crippen LogP contribution in [0.1, 0.15) is 6.92 Å². The molecule has 0 aromatic heterocycles. The average molecular weight is 392 g/mol. The highest BCUT2D eigenvalue weighted by Gasteiger charge is 2.19. The first-order valence-corrected chi connectivity index (χ1v) is 8.79. The lowest BCUT2D eigenvalue weighted by Crippen LogP contribution is -2.22. The van der Waals surface area contributed by atoms with Crippen molar-refractivity contribution in [1.82, 2.24) is 0 Å². The van der Waals surface area contributed by atoms with Crippen LogP contribution in [0.5, 0.6) is 17.2 Å². The number of nitro benzene ring substituents is 1. The first-order valence-electron chi connectivity index (χ1n) is 7.91. The molecule has 9 heteroatoms. The van der Waals surface area contributed by atoms with Crippen molar-refractivity contribution < 1.29 is 23.9 Å². The summed E-state index contributed by atoms with van der Waals surface area (Å²) >= 11 is 1.32. The molecule has 0 heterocycles. The number of nitrogens with zero attached hydrogens (tertiary/aromatic N) is 1. The molecule has 0 saturated carbocycles. The molecule has 0 bridgehead atoms. The maximum absolute atomic E-state index is 12.5. The van der Waals surface area contributed by atoms with E-state index >= 15 is 0 Å². The molecule has 0 aliphatic carbocycles. The van der Waals surface area contributed by atoms with Crippen molar-refractivity contribution in [2.24, 2.45) is 0 Å². The van der Waals surface area contributed by atoms with Crippen molar-refractivity contribution in [1.29, 1.82) is 0 Å². The SMILES string of the molecule is COc1ccc([N+](=O)[O-])cc1NC(=O)[C@@H](C)Sc1ccc(OC)c(OC)c1. The Morgan fingerprint density at radius 2 is 1.67 bits per heavy atom. The number of nitrogens with one attached hydrogen (secondary N) is 1. The zero-order valence-corrected chi connectivity index (χ0v) is 16.2. The summed E-state index contributed by atoms with van der Waals surface area (Å²) in [6.45, 7) is 1.74. The number of anilines is 1. The van der Waals surface area contributed by atoms with E-state index in [1.54, 1.807) is 26.2 Å². The predicted octanol–water partition coefficient (Wildman–Crippen LogP) is 3.74. The smallest absolute Gasteiger partial charge is 0.271 e. The number of non-ortho nitro benzene ring substituents is 1. The molecule has 2 aromatic rings. The summed E-state index contributed by atoms with van der Waals surface area (Å²) in [5, 5.41) is 13.2. The lowest BCUT2D eigenvalue weighted by atomic mass is 10.2. The Bertz CT molecular complexity index is 843. The van der Waals surface area contributed by atoms with Crippen molar-refractivity contribution >= 4 is 29.0 Å². The van der Waals surface area contributed by atoms with Crippen LogP contribution in [-0.4, -0.2) is 37.4 Å². The van der Waals surface area contributed by atoms with Crippen LogP contribution in [-0.2, 0) is 4.79 Å². The number of benzene rings is 2. The Labute approximate surface area is 161 Å². The molecule has 0 saturated heterocycles. The molecular weight excluding hydrogens is 372 g/mol. The number of rotatable bonds is 8. The zero-order valence-electron chi connectivity index (χ0n) is 15.3. The van der Waals surface area contributed by atoms with Gasteiger partial charge in [0.05, 0.1) is 37.2 Å². The van der Waals surface area contributed by atoms with Crippen molar-refractivity contribution in [2.45, 2.75) is 17.1 Å². The summed E-state index contributed by atoms with van der Waals surface area (Å²) in [6, 6.07) is 9.39. The minimum absolute atomic E-state index is 0.133. The third-order valence-electron chi connectivity index (χ3n) is 3.69. The van der Waals surface area contributed by atoms with Gasteiger partial charge < -0.3 is 19.5 Å². The topological polar surface area (TPSA) is 99.9 Å². The number of amides is 1. The molecule has 0 aliphatic rings. The lowest BCUT2D eigenvalue weighted by molar-refractivity contribution is -0.384. The van der Waals surface area contributed by atoms with E-state index < -0.39 is 10.2 Å². The number of methoxy groups -OCH3 is 3. The van der Waals surface area contributed by atoms with Gasteiger partial charge in [-0.3, -0.25) is 14.9 Å². The molecule has 0 spiro atoms. The van der Waals surface area contributed by atoms with Gasteiger partial charge in [0.15, 0.2) is 11.5 Å². The number of hydrogen-bond donors (Lipinski definition) is 1. The Morgan fingerprint density at radius 1 is 1.04 bits per heavy atom. The summed E-state index contributed by atoms with van der Waals surface area (Å²) in [5.74, 6) is 1.20. The summed E-state index contributed by atoms with van der Waals surface area (Å²) in [5.41, 5.74) is 0.114. The Balaban J connectivity index is 2.14. The third-order valence-corrected chi connectivity index (χ3v) is 4.78. The highest BCUT2D eigenvalue weighted by atomic mass is 32.2. The molecular formula is C18H20N2O6S. The normalized spacial score (nSPS) is 11.4. The van der Waals surface area contributed by atoms with Gasteiger partial charge in [0.25, 0.3) is 5.69 Å².